The van der Waals surface area contributed by atoms with Crippen LogP contribution in [-0.4, -0.2) is 19.9 Å². The average Bonchev–Trinajstić information content (AvgIpc) is 2.72. The Labute approximate surface area is 93.4 Å². The molecule has 0 unspecified atom stereocenters. The first kappa shape index (κ1) is 10.5. The lowest BCUT2D eigenvalue weighted by Crippen LogP contribution is -2.25. The second-order valence-electron chi connectivity index (χ2n) is 3.47. The summed E-state index contributed by atoms with van der Waals surface area (Å²) in [5.41, 5.74) is -0.112. The van der Waals surface area contributed by atoms with Crippen molar-refractivity contribution in [2.75, 3.05) is 13.7 Å². The number of rotatable bonds is 3. The number of hydrogen-bond acceptors (Lipinski definition) is 4. The molecule has 1 aromatic carbocycles. The smallest absolute Gasteiger partial charge is 0.497 e. The monoisotopic (exact) mass is 220 g/mol. The van der Waals surface area contributed by atoms with E-state index in [1.54, 1.807) is 19.3 Å². The van der Waals surface area contributed by atoms with Crippen LogP contribution < -0.4 is 4.74 Å². The molecular formula is C12H12O4. The van der Waals surface area contributed by atoms with Crippen molar-refractivity contribution >= 4 is 6.16 Å². The van der Waals surface area contributed by atoms with E-state index >= 15 is 0 Å². The Balaban J connectivity index is 2.40. The van der Waals surface area contributed by atoms with Gasteiger partial charge in [-0.3, -0.25) is 0 Å². The van der Waals surface area contributed by atoms with Crippen molar-refractivity contribution in [2.45, 2.75) is 5.60 Å². The molecule has 0 radical (unpaired) electrons. The third-order valence-corrected chi connectivity index (χ3v) is 2.56. The van der Waals surface area contributed by atoms with Crippen molar-refractivity contribution in [3.63, 3.8) is 0 Å². The summed E-state index contributed by atoms with van der Waals surface area (Å²) >= 11 is 0. The van der Waals surface area contributed by atoms with Gasteiger partial charge in [0.15, 0.2) is 5.60 Å². The Morgan fingerprint density at radius 3 is 2.94 bits per heavy atom. The fourth-order valence-electron chi connectivity index (χ4n) is 1.62. The minimum atomic E-state index is -0.897. The molecule has 0 bridgehead atoms. The van der Waals surface area contributed by atoms with E-state index in [-0.39, 0.29) is 6.61 Å². The summed E-state index contributed by atoms with van der Waals surface area (Å²) in [5, 5.41) is 0. The topological polar surface area (TPSA) is 44.8 Å². The normalized spacial score (nSPS) is 23.4. The van der Waals surface area contributed by atoms with E-state index < -0.39 is 11.8 Å². The number of methoxy groups -OCH3 is 1. The Morgan fingerprint density at radius 1 is 1.56 bits per heavy atom. The van der Waals surface area contributed by atoms with E-state index in [0.717, 1.165) is 5.56 Å². The number of ether oxygens (including phenoxy) is 3. The molecule has 16 heavy (non-hydrogen) atoms. The fourth-order valence-corrected chi connectivity index (χ4v) is 1.62. The molecule has 4 heteroatoms. The minimum absolute atomic E-state index is 0.141. The number of cyclic esters (lactones) is 2. The molecule has 1 saturated heterocycles. The van der Waals surface area contributed by atoms with E-state index in [9.17, 15) is 4.79 Å². The molecule has 4 nitrogen and oxygen atoms in total. The molecule has 84 valence electrons. The maximum atomic E-state index is 11.0. The lowest BCUT2D eigenvalue weighted by Gasteiger charge is -2.21. The van der Waals surface area contributed by atoms with Crippen LogP contribution in [0.1, 0.15) is 5.56 Å². The molecule has 0 saturated carbocycles. The van der Waals surface area contributed by atoms with Gasteiger partial charge in [0, 0.05) is 5.56 Å². The van der Waals surface area contributed by atoms with Crippen molar-refractivity contribution in [3.05, 3.63) is 42.5 Å². The Hall–Kier alpha value is -1.97. The summed E-state index contributed by atoms with van der Waals surface area (Å²) < 4.78 is 15.1. The molecular weight excluding hydrogens is 208 g/mol. The maximum absolute atomic E-state index is 11.0. The molecule has 1 aliphatic rings. The zero-order chi connectivity index (χ0) is 11.6. The summed E-state index contributed by atoms with van der Waals surface area (Å²) in [4.78, 5) is 11.0. The van der Waals surface area contributed by atoms with Crippen LogP contribution in [0.25, 0.3) is 0 Å². The van der Waals surface area contributed by atoms with E-state index in [1.807, 2.05) is 18.2 Å². The molecule has 2 rings (SSSR count). The van der Waals surface area contributed by atoms with Gasteiger partial charge in [-0.25, -0.2) is 4.79 Å². The zero-order valence-electron chi connectivity index (χ0n) is 8.93. The van der Waals surface area contributed by atoms with Crippen LogP contribution in [-0.2, 0) is 15.1 Å². The van der Waals surface area contributed by atoms with Gasteiger partial charge in [0.1, 0.15) is 12.4 Å². The molecule has 0 spiro atoms. The highest BCUT2D eigenvalue weighted by Gasteiger charge is 2.41. The molecule has 1 fully saturated rings. The summed E-state index contributed by atoms with van der Waals surface area (Å²) in [6.07, 6.45) is 0.884. The van der Waals surface area contributed by atoms with Crippen LogP contribution in [0.5, 0.6) is 5.75 Å². The van der Waals surface area contributed by atoms with Crippen LogP contribution in [0.3, 0.4) is 0 Å². The van der Waals surface area contributed by atoms with Gasteiger partial charge in [-0.05, 0) is 18.2 Å². The highest BCUT2D eigenvalue weighted by molar-refractivity contribution is 5.64. The van der Waals surface area contributed by atoms with Crippen molar-refractivity contribution in [1.29, 1.82) is 0 Å². The number of carbonyl (C=O) groups is 1. The average molecular weight is 220 g/mol. The quantitative estimate of drug-likeness (QED) is 0.579. The Bertz CT molecular complexity index is 427. The van der Waals surface area contributed by atoms with Crippen LogP contribution in [0.2, 0.25) is 0 Å². The number of benzene rings is 1. The third-order valence-electron chi connectivity index (χ3n) is 2.56. The highest BCUT2D eigenvalue weighted by atomic mass is 16.8. The van der Waals surface area contributed by atoms with E-state index in [1.165, 1.54) is 0 Å². The SMILES string of the molecule is C=C[C@@]1(c2cccc(OC)c2)COC(=O)O1. The Morgan fingerprint density at radius 2 is 2.38 bits per heavy atom. The van der Waals surface area contributed by atoms with Gasteiger partial charge in [0.05, 0.1) is 7.11 Å². The molecule has 1 atom stereocenters. The maximum Gasteiger partial charge on any atom is 0.509 e. The van der Waals surface area contributed by atoms with E-state index in [4.69, 9.17) is 14.2 Å². The van der Waals surface area contributed by atoms with Crippen LogP contribution in [0.15, 0.2) is 36.9 Å². The van der Waals surface area contributed by atoms with Gasteiger partial charge in [0.25, 0.3) is 0 Å². The van der Waals surface area contributed by atoms with Crippen molar-refractivity contribution < 1.29 is 19.0 Å². The molecule has 1 aromatic rings. The predicted octanol–water partition coefficient (Wildman–Crippen LogP) is 2.24. The van der Waals surface area contributed by atoms with Gasteiger partial charge < -0.3 is 14.2 Å². The van der Waals surface area contributed by atoms with Gasteiger partial charge in [-0.2, -0.15) is 0 Å². The third kappa shape index (κ3) is 1.62. The summed E-state index contributed by atoms with van der Waals surface area (Å²) in [7, 11) is 1.58. The first-order valence-electron chi connectivity index (χ1n) is 4.84. The summed E-state index contributed by atoms with van der Waals surface area (Å²) in [5.74, 6) is 0.696. The standard InChI is InChI=1S/C12H12O4/c1-3-12(8-15-11(13)16-12)9-5-4-6-10(7-9)14-2/h3-7H,1,8H2,2H3/t12-/m0/s1. The van der Waals surface area contributed by atoms with Crippen LogP contribution in [0.4, 0.5) is 4.79 Å². The number of hydrogen-bond donors (Lipinski definition) is 0. The second-order valence-corrected chi connectivity index (χ2v) is 3.47. The number of carbonyl (C=O) groups excluding carboxylic acids is 1. The Kier molecular flexibility index (Phi) is 2.56. The van der Waals surface area contributed by atoms with Crippen molar-refractivity contribution in [2.24, 2.45) is 0 Å². The van der Waals surface area contributed by atoms with Crippen molar-refractivity contribution in [1.82, 2.24) is 0 Å². The second kappa shape index (κ2) is 3.89. The van der Waals surface area contributed by atoms with E-state index in [2.05, 4.69) is 6.58 Å². The van der Waals surface area contributed by atoms with Gasteiger partial charge in [-0.1, -0.05) is 18.7 Å². The zero-order valence-corrected chi connectivity index (χ0v) is 8.93. The molecule has 1 heterocycles. The highest BCUT2D eigenvalue weighted by Crippen LogP contribution is 2.34. The minimum Gasteiger partial charge on any atom is -0.497 e. The van der Waals surface area contributed by atoms with Crippen molar-refractivity contribution in [3.8, 4) is 5.75 Å². The molecule has 1 aliphatic heterocycles. The van der Waals surface area contributed by atoms with Gasteiger partial charge >= 0.3 is 6.16 Å². The predicted molar refractivity (Wildman–Crippen MR) is 57.3 cm³/mol. The lowest BCUT2D eigenvalue weighted by molar-refractivity contribution is 0.0886. The van der Waals surface area contributed by atoms with Crippen LogP contribution >= 0.6 is 0 Å². The molecule has 0 N–H and O–H groups in total. The lowest BCUT2D eigenvalue weighted by atomic mass is 9.95. The van der Waals surface area contributed by atoms with Gasteiger partial charge in [0.2, 0.25) is 0 Å². The van der Waals surface area contributed by atoms with Crippen LogP contribution in [0, 0.1) is 0 Å². The summed E-state index contributed by atoms with van der Waals surface area (Å²) in [6, 6.07) is 7.28. The molecule has 0 aliphatic carbocycles. The molecule has 0 aromatic heterocycles. The fraction of sp³-hybridized carbons (Fsp3) is 0.250. The molecule has 0 amide bonds. The van der Waals surface area contributed by atoms with Gasteiger partial charge in [-0.15, -0.1) is 0 Å². The summed E-state index contributed by atoms with van der Waals surface area (Å²) in [6.45, 7) is 3.82. The largest absolute Gasteiger partial charge is 0.509 e. The first-order valence-corrected chi connectivity index (χ1v) is 4.84. The van der Waals surface area contributed by atoms with E-state index in [0.29, 0.717) is 5.75 Å². The first-order chi connectivity index (χ1) is 7.70.